The molecule has 164 valence electrons. The summed E-state index contributed by atoms with van der Waals surface area (Å²) < 4.78 is 5.99. The van der Waals surface area contributed by atoms with Crippen LogP contribution in [0.15, 0.2) is 65.8 Å². The number of rotatable bonds is 10. The Labute approximate surface area is 194 Å². The van der Waals surface area contributed by atoms with Gasteiger partial charge in [0.1, 0.15) is 17.3 Å². The lowest BCUT2D eigenvalue weighted by atomic mass is 10.2. The third-order valence-corrected chi connectivity index (χ3v) is 5.99. The van der Waals surface area contributed by atoms with Gasteiger partial charge in [-0.25, -0.2) is 4.79 Å². The number of benzene rings is 2. The van der Waals surface area contributed by atoms with Crippen molar-refractivity contribution in [3.05, 3.63) is 71.8 Å². The predicted octanol–water partition coefficient (Wildman–Crippen LogP) is 3.83. The van der Waals surface area contributed by atoms with Crippen LogP contribution in [0, 0.1) is 0 Å². The Morgan fingerprint density at radius 2 is 1.81 bits per heavy atom. The molecule has 2 amide bonds. The van der Waals surface area contributed by atoms with E-state index >= 15 is 0 Å². The molecule has 0 bridgehead atoms. The lowest BCUT2D eigenvalue weighted by Gasteiger charge is -2.19. The molecule has 1 heterocycles. The number of thioether (sulfide) groups is 1. The molecule has 1 unspecified atom stereocenters. The van der Waals surface area contributed by atoms with Crippen LogP contribution in [0.5, 0.6) is 0 Å². The van der Waals surface area contributed by atoms with Crippen molar-refractivity contribution in [2.45, 2.75) is 30.9 Å². The van der Waals surface area contributed by atoms with Crippen LogP contribution in [-0.4, -0.2) is 41.1 Å². The minimum absolute atomic E-state index is 0.138. The van der Waals surface area contributed by atoms with Gasteiger partial charge < -0.3 is 20.2 Å². The molecule has 3 rings (SSSR count). The second kappa shape index (κ2) is 12.4. The number of carbonyl (C=O) groups excluding carboxylic acids is 2. The summed E-state index contributed by atoms with van der Waals surface area (Å²) in [5, 5.41) is 9.33. The van der Waals surface area contributed by atoms with Crippen molar-refractivity contribution < 1.29 is 19.2 Å². The molecular formula is C22H24BrN3O4S. The average Bonchev–Trinajstić information content (AvgIpc) is 3.22. The van der Waals surface area contributed by atoms with E-state index in [0.717, 1.165) is 16.9 Å². The summed E-state index contributed by atoms with van der Waals surface area (Å²) in [6.45, 7) is 0.442. The number of carbonyl (C=O) groups is 2. The van der Waals surface area contributed by atoms with Gasteiger partial charge in [-0.2, -0.15) is 11.8 Å². The molecule has 1 aliphatic rings. The van der Waals surface area contributed by atoms with E-state index in [4.69, 9.17) is 9.57 Å². The standard InChI is InChI=1S/C22H24BrN3O4S/c23-20-11-18(30-26-20)12-24-21(27)19(15-31-14-17-9-5-2-6-10-17)25-22(28)29-13-16-7-3-1-4-8-16/h1-10,18-19H,11-15H2,(H,24,27)(H,25,28)/t18?,19-/m0/s1. The molecule has 0 saturated heterocycles. The Bertz CT molecular complexity index is 883. The number of halogens is 1. The van der Waals surface area contributed by atoms with Crippen LogP contribution in [-0.2, 0) is 26.7 Å². The smallest absolute Gasteiger partial charge is 0.408 e. The maximum Gasteiger partial charge on any atom is 0.408 e. The van der Waals surface area contributed by atoms with Crippen molar-refractivity contribution in [3.63, 3.8) is 0 Å². The first-order chi connectivity index (χ1) is 15.1. The molecule has 0 spiro atoms. The van der Waals surface area contributed by atoms with E-state index < -0.39 is 12.1 Å². The highest BCUT2D eigenvalue weighted by molar-refractivity contribution is 9.18. The number of alkyl carbamates (subject to hydrolysis) is 1. The molecule has 31 heavy (non-hydrogen) atoms. The predicted molar refractivity (Wildman–Crippen MR) is 125 cm³/mol. The summed E-state index contributed by atoms with van der Waals surface area (Å²) in [5.74, 6) is 0.856. The fourth-order valence-electron chi connectivity index (χ4n) is 2.80. The normalized spacial score (nSPS) is 16.0. The molecule has 0 saturated carbocycles. The zero-order valence-electron chi connectivity index (χ0n) is 16.8. The Hall–Kier alpha value is -2.52. The van der Waals surface area contributed by atoms with Crippen molar-refractivity contribution in [1.82, 2.24) is 10.6 Å². The highest BCUT2D eigenvalue weighted by Crippen LogP contribution is 2.15. The second-order valence-electron chi connectivity index (χ2n) is 6.90. The molecule has 0 aliphatic carbocycles. The monoisotopic (exact) mass is 505 g/mol. The van der Waals surface area contributed by atoms with E-state index in [0.29, 0.717) is 23.3 Å². The maximum absolute atomic E-state index is 12.7. The number of hydrogen-bond donors (Lipinski definition) is 2. The van der Waals surface area contributed by atoms with Crippen LogP contribution >= 0.6 is 27.7 Å². The average molecular weight is 506 g/mol. The van der Waals surface area contributed by atoms with Crippen LogP contribution < -0.4 is 10.6 Å². The number of oxime groups is 1. The van der Waals surface area contributed by atoms with Crippen molar-refractivity contribution >= 4 is 44.3 Å². The van der Waals surface area contributed by atoms with E-state index in [9.17, 15) is 9.59 Å². The molecule has 0 fully saturated rings. The summed E-state index contributed by atoms with van der Waals surface area (Å²) in [6, 6.07) is 18.6. The number of ether oxygens (including phenoxy) is 1. The lowest BCUT2D eigenvalue weighted by Crippen LogP contribution is -2.49. The van der Waals surface area contributed by atoms with Crippen LogP contribution in [0.25, 0.3) is 0 Å². The van der Waals surface area contributed by atoms with Crippen molar-refractivity contribution in [2.24, 2.45) is 5.16 Å². The van der Waals surface area contributed by atoms with Crippen molar-refractivity contribution in [2.75, 3.05) is 12.3 Å². The molecule has 7 nitrogen and oxygen atoms in total. The van der Waals surface area contributed by atoms with Gasteiger partial charge in [-0.3, -0.25) is 4.79 Å². The van der Waals surface area contributed by atoms with E-state index in [-0.39, 0.29) is 18.6 Å². The van der Waals surface area contributed by atoms with E-state index in [1.165, 1.54) is 0 Å². The number of nitrogens with zero attached hydrogens (tertiary/aromatic N) is 1. The van der Waals surface area contributed by atoms with Crippen LogP contribution in [0.2, 0.25) is 0 Å². The zero-order valence-corrected chi connectivity index (χ0v) is 19.2. The third-order valence-electron chi connectivity index (χ3n) is 4.42. The van der Waals surface area contributed by atoms with Gasteiger partial charge in [-0.05, 0) is 27.1 Å². The molecule has 2 aromatic rings. The maximum atomic E-state index is 12.7. The minimum Gasteiger partial charge on any atom is -0.445 e. The van der Waals surface area contributed by atoms with Gasteiger partial charge in [-0.15, -0.1) is 0 Å². The quantitative estimate of drug-likeness (QED) is 0.512. The Kier molecular flexibility index (Phi) is 9.23. The minimum atomic E-state index is -0.734. The van der Waals surface area contributed by atoms with Crippen molar-refractivity contribution in [3.8, 4) is 0 Å². The molecule has 2 atom stereocenters. The van der Waals surface area contributed by atoms with E-state index in [1.807, 2.05) is 60.7 Å². The van der Waals surface area contributed by atoms with Gasteiger partial charge >= 0.3 is 6.09 Å². The number of amides is 2. The Morgan fingerprint density at radius 3 is 2.45 bits per heavy atom. The van der Waals surface area contributed by atoms with Gasteiger partial charge in [0.25, 0.3) is 0 Å². The van der Waals surface area contributed by atoms with E-state index in [2.05, 4.69) is 31.7 Å². The van der Waals surface area contributed by atoms with Crippen molar-refractivity contribution in [1.29, 1.82) is 0 Å². The highest BCUT2D eigenvalue weighted by Gasteiger charge is 2.25. The lowest BCUT2D eigenvalue weighted by molar-refractivity contribution is -0.123. The first-order valence-electron chi connectivity index (χ1n) is 9.85. The summed E-state index contributed by atoms with van der Waals surface area (Å²) in [5.41, 5.74) is 2.03. The summed E-state index contributed by atoms with van der Waals surface area (Å²) in [4.78, 5) is 30.2. The third kappa shape index (κ3) is 8.26. The number of nitrogens with one attached hydrogen (secondary N) is 2. The van der Waals surface area contributed by atoms with E-state index in [1.54, 1.807) is 11.8 Å². The molecule has 2 N–H and O–H groups in total. The van der Waals surface area contributed by atoms with Gasteiger partial charge in [0.15, 0.2) is 6.10 Å². The summed E-state index contributed by atoms with van der Waals surface area (Å²) in [6.07, 6.45) is -0.256. The molecule has 1 aliphatic heterocycles. The molecule has 0 aromatic heterocycles. The van der Waals surface area contributed by atoms with Crippen LogP contribution in [0.1, 0.15) is 17.5 Å². The Morgan fingerprint density at radius 1 is 1.13 bits per heavy atom. The second-order valence-corrected chi connectivity index (χ2v) is 8.85. The van der Waals surface area contributed by atoms with Gasteiger partial charge in [0, 0.05) is 17.9 Å². The molecular weight excluding hydrogens is 482 g/mol. The molecule has 2 aromatic carbocycles. The topological polar surface area (TPSA) is 89.0 Å². The summed E-state index contributed by atoms with van der Waals surface area (Å²) >= 11 is 4.84. The highest BCUT2D eigenvalue weighted by atomic mass is 79.9. The first-order valence-corrected chi connectivity index (χ1v) is 11.8. The van der Waals surface area contributed by atoms with Crippen LogP contribution in [0.3, 0.4) is 0 Å². The first kappa shape index (κ1) is 23.1. The fourth-order valence-corrected chi connectivity index (χ4v) is 4.26. The van der Waals surface area contributed by atoms with Gasteiger partial charge in [-0.1, -0.05) is 65.8 Å². The molecule has 0 radical (unpaired) electrons. The van der Waals surface area contributed by atoms with Crippen LogP contribution in [0.4, 0.5) is 4.79 Å². The Balaban J connectivity index is 1.50. The van der Waals surface area contributed by atoms with Gasteiger partial charge in [0.05, 0.1) is 6.54 Å². The fraction of sp³-hybridized carbons (Fsp3) is 0.318. The largest absolute Gasteiger partial charge is 0.445 e. The SMILES string of the molecule is O=C(N[C@@H](CSCc1ccccc1)C(=O)NCC1CC(Br)=NO1)OCc1ccccc1. The molecule has 9 heteroatoms. The zero-order chi connectivity index (χ0) is 21.9. The summed E-state index contributed by atoms with van der Waals surface area (Å²) in [7, 11) is 0. The van der Waals surface area contributed by atoms with Gasteiger partial charge in [0.2, 0.25) is 5.91 Å². The number of hydrogen-bond acceptors (Lipinski definition) is 6.